The van der Waals surface area contributed by atoms with E-state index in [1.54, 1.807) is 12.1 Å². The minimum Gasteiger partial charge on any atom is -0.327 e. The van der Waals surface area contributed by atoms with Crippen molar-refractivity contribution >= 4 is 23.4 Å². The van der Waals surface area contributed by atoms with Crippen LogP contribution in [0.3, 0.4) is 0 Å². The summed E-state index contributed by atoms with van der Waals surface area (Å²) in [5, 5.41) is 6.22. The van der Waals surface area contributed by atoms with Gasteiger partial charge in [0, 0.05) is 5.56 Å². The number of nitrogens with one attached hydrogen (secondary N) is 1. The van der Waals surface area contributed by atoms with E-state index in [1.165, 1.54) is 18.2 Å². The van der Waals surface area contributed by atoms with Crippen LogP contribution in [0.5, 0.6) is 0 Å². The average Bonchev–Trinajstić information content (AvgIpc) is 3.09. The van der Waals surface area contributed by atoms with Crippen LogP contribution < -0.4 is 5.32 Å². The Bertz CT molecular complexity index is 898. The minimum absolute atomic E-state index is 0.156. The molecule has 0 saturated heterocycles. The molecule has 26 heavy (non-hydrogen) atoms. The van der Waals surface area contributed by atoms with Crippen LogP contribution in [0.25, 0.3) is 11.4 Å². The number of rotatable bonds is 5. The first-order valence-electron chi connectivity index (χ1n) is 7.41. The Hall–Kier alpha value is -2.81. The molecular formula is C17H12F3N3O2S. The fourth-order valence-electron chi connectivity index (χ4n) is 2.13. The molecule has 5 nitrogen and oxygen atoms in total. The lowest BCUT2D eigenvalue weighted by molar-refractivity contribution is -0.137. The number of carbonyl (C=O) groups is 1. The van der Waals surface area contributed by atoms with Crippen molar-refractivity contribution < 1.29 is 22.5 Å². The van der Waals surface area contributed by atoms with Gasteiger partial charge < -0.3 is 9.84 Å². The summed E-state index contributed by atoms with van der Waals surface area (Å²) in [5.41, 5.74) is -0.435. The first kappa shape index (κ1) is 18.0. The van der Waals surface area contributed by atoms with Crippen molar-refractivity contribution in [3.05, 3.63) is 60.2 Å². The van der Waals surface area contributed by atoms with Gasteiger partial charge in [-0.05, 0) is 12.1 Å². The highest BCUT2D eigenvalue weighted by Crippen LogP contribution is 2.34. The fourth-order valence-corrected chi connectivity index (χ4v) is 2.69. The third-order valence-corrected chi connectivity index (χ3v) is 4.09. The van der Waals surface area contributed by atoms with Crippen LogP contribution in [0.4, 0.5) is 18.9 Å². The summed E-state index contributed by atoms with van der Waals surface area (Å²) in [6.07, 6.45) is -4.55. The average molecular weight is 379 g/mol. The molecule has 1 heterocycles. The zero-order valence-corrected chi connectivity index (χ0v) is 14.0. The molecule has 9 heteroatoms. The normalized spacial score (nSPS) is 11.3. The first-order valence-corrected chi connectivity index (χ1v) is 8.40. The largest absolute Gasteiger partial charge is 0.418 e. The van der Waals surface area contributed by atoms with Gasteiger partial charge in [-0.2, -0.15) is 18.2 Å². The monoisotopic (exact) mass is 379 g/mol. The summed E-state index contributed by atoms with van der Waals surface area (Å²) in [6.45, 7) is 0. The molecule has 0 aliphatic rings. The summed E-state index contributed by atoms with van der Waals surface area (Å²) in [7, 11) is 0. The number of para-hydroxylation sites is 1. The molecule has 1 N–H and O–H groups in total. The van der Waals surface area contributed by atoms with E-state index in [0.29, 0.717) is 5.82 Å². The molecule has 0 saturated carbocycles. The van der Waals surface area contributed by atoms with Crippen LogP contribution >= 0.6 is 11.8 Å². The summed E-state index contributed by atoms with van der Waals surface area (Å²) < 4.78 is 43.8. The Balaban J connectivity index is 1.61. The van der Waals surface area contributed by atoms with Crippen molar-refractivity contribution in [2.24, 2.45) is 0 Å². The van der Waals surface area contributed by atoms with Gasteiger partial charge in [-0.3, -0.25) is 4.79 Å². The quantitative estimate of drug-likeness (QED) is 0.662. The van der Waals surface area contributed by atoms with Gasteiger partial charge in [0.15, 0.2) is 0 Å². The molecule has 3 aromatic rings. The molecule has 134 valence electrons. The van der Waals surface area contributed by atoms with E-state index in [4.69, 9.17) is 4.52 Å². The Morgan fingerprint density at radius 3 is 2.50 bits per heavy atom. The number of aromatic nitrogens is 2. The Labute approximate surface area is 150 Å². The third-order valence-electron chi connectivity index (χ3n) is 3.27. The van der Waals surface area contributed by atoms with E-state index in [9.17, 15) is 18.0 Å². The lowest BCUT2D eigenvalue weighted by atomic mass is 10.1. The van der Waals surface area contributed by atoms with Crippen molar-refractivity contribution in [1.82, 2.24) is 10.1 Å². The number of benzene rings is 2. The highest BCUT2D eigenvalue weighted by molar-refractivity contribution is 7.99. The number of carbonyl (C=O) groups excluding carboxylic acids is 1. The molecule has 0 atom stereocenters. The van der Waals surface area contributed by atoms with Crippen LogP contribution in [-0.2, 0) is 11.0 Å². The molecule has 0 spiro atoms. The molecule has 0 radical (unpaired) electrons. The highest BCUT2D eigenvalue weighted by atomic mass is 32.2. The summed E-state index contributed by atoms with van der Waals surface area (Å²) in [6, 6.07) is 13.9. The molecule has 2 aromatic carbocycles. The maximum atomic E-state index is 12.9. The van der Waals surface area contributed by atoms with E-state index in [1.807, 2.05) is 18.2 Å². The summed E-state index contributed by atoms with van der Waals surface area (Å²) in [5.74, 6) is -0.398. The minimum atomic E-state index is -4.55. The van der Waals surface area contributed by atoms with Gasteiger partial charge in [-0.25, -0.2) is 0 Å². The lowest BCUT2D eigenvalue weighted by Gasteiger charge is -2.13. The van der Waals surface area contributed by atoms with Gasteiger partial charge in [0.25, 0.3) is 5.22 Å². The van der Waals surface area contributed by atoms with E-state index in [-0.39, 0.29) is 16.7 Å². The number of nitrogens with zero attached hydrogens (tertiary/aromatic N) is 2. The van der Waals surface area contributed by atoms with Crippen molar-refractivity contribution in [3.63, 3.8) is 0 Å². The Kier molecular flexibility index (Phi) is 5.27. The molecule has 3 rings (SSSR count). The maximum absolute atomic E-state index is 12.9. The third kappa shape index (κ3) is 4.42. The lowest BCUT2D eigenvalue weighted by Crippen LogP contribution is -2.18. The molecule has 1 amide bonds. The predicted molar refractivity (Wildman–Crippen MR) is 90.5 cm³/mol. The second-order valence-corrected chi connectivity index (χ2v) is 6.06. The van der Waals surface area contributed by atoms with Crippen LogP contribution in [0.1, 0.15) is 5.56 Å². The van der Waals surface area contributed by atoms with Crippen LogP contribution in [0, 0.1) is 0 Å². The van der Waals surface area contributed by atoms with Gasteiger partial charge in [-0.1, -0.05) is 59.4 Å². The highest BCUT2D eigenvalue weighted by Gasteiger charge is 2.33. The zero-order valence-electron chi connectivity index (χ0n) is 13.2. The predicted octanol–water partition coefficient (Wildman–Crippen LogP) is 4.49. The number of hydrogen-bond acceptors (Lipinski definition) is 5. The zero-order chi connectivity index (χ0) is 18.6. The number of halogens is 3. The van der Waals surface area contributed by atoms with E-state index < -0.39 is 17.6 Å². The Morgan fingerprint density at radius 1 is 1.08 bits per heavy atom. The van der Waals surface area contributed by atoms with Crippen molar-refractivity contribution in [3.8, 4) is 11.4 Å². The fraction of sp³-hybridized carbons (Fsp3) is 0.118. The van der Waals surface area contributed by atoms with E-state index in [2.05, 4.69) is 15.5 Å². The van der Waals surface area contributed by atoms with Crippen molar-refractivity contribution in [2.45, 2.75) is 11.4 Å². The smallest absolute Gasteiger partial charge is 0.327 e. The number of alkyl halides is 3. The number of thioether (sulfide) groups is 1. The second kappa shape index (κ2) is 7.61. The molecule has 1 aromatic heterocycles. The first-order chi connectivity index (χ1) is 12.4. The molecule has 0 fully saturated rings. The van der Waals surface area contributed by atoms with Crippen molar-refractivity contribution in [1.29, 1.82) is 0 Å². The topological polar surface area (TPSA) is 68.0 Å². The van der Waals surface area contributed by atoms with Crippen molar-refractivity contribution in [2.75, 3.05) is 11.1 Å². The SMILES string of the molecule is O=C(CSc1nc(-c2ccccc2)no1)Nc1ccccc1C(F)(F)F. The standard InChI is InChI=1S/C17H12F3N3O2S/c18-17(19,20)12-8-4-5-9-13(12)21-14(24)10-26-16-22-15(23-25-16)11-6-2-1-3-7-11/h1-9H,10H2,(H,21,24). The summed E-state index contributed by atoms with van der Waals surface area (Å²) in [4.78, 5) is 16.1. The number of amides is 1. The Morgan fingerprint density at radius 2 is 1.77 bits per heavy atom. The molecule has 0 aliphatic heterocycles. The van der Waals surface area contributed by atoms with E-state index in [0.717, 1.165) is 23.4 Å². The molecular weight excluding hydrogens is 367 g/mol. The van der Waals surface area contributed by atoms with Crippen LogP contribution in [-0.4, -0.2) is 21.8 Å². The second-order valence-electron chi connectivity index (χ2n) is 5.13. The van der Waals surface area contributed by atoms with E-state index >= 15 is 0 Å². The van der Waals surface area contributed by atoms with Crippen LogP contribution in [0.15, 0.2) is 64.3 Å². The molecule has 0 bridgehead atoms. The molecule has 0 unspecified atom stereocenters. The van der Waals surface area contributed by atoms with Gasteiger partial charge >= 0.3 is 6.18 Å². The van der Waals surface area contributed by atoms with Gasteiger partial charge in [0.1, 0.15) is 0 Å². The van der Waals surface area contributed by atoms with Gasteiger partial charge in [0.05, 0.1) is 17.0 Å². The number of hydrogen-bond donors (Lipinski definition) is 1. The van der Waals surface area contributed by atoms with Gasteiger partial charge in [-0.15, -0.1) is 0 Å². The molecule has 0 aliphatic carbocycles. The number of anilines is 1. The summed E-state index contributed by atoms with van der Waals surface area (Å²) >= 11 is 0.943. The van der Waals surface area contributed by atoms with Gasteiger partial charge in [0.2, 0.25) is 11.7 Å². The maximum Gasteiger partial charge on any atom is 0.418 e. The van der Waals surface area contributed by atoms with Crippen LogP contribution in [0.2, 0.25) is 0 Å².